The maximum Gasteiger partial charge on any atom is 0.341 e. The number of nitrogens with zero attached hydrogens (tertiary/aromatic N) is 2. The number of aliphatic imine (C=N–C) groups is 1. The summed E-state index contributed by atoms with van der Waals surface area (Å²) in [6.45, 7) is 1.62. The predicted octanol–water partition coefficient (Wildman–Crippen LogP) is 2.75. The molecule has 0 unspecified atom stereocenters. The summed E-state index contributed by atoms with van der Waals surface area (Å²) < 4.78 is 36.8. The molecule has 1 aromatic carbocycles. The van der Waals surface area contributed by atoms with Crippen LogP contribution < -0.4 is 10.5 Å². The van der Waals surface area contributed by atoms with Gasteiger partial charge in [0.2, 0.25) is 0 Å². The SMILES string of the molecule is CCOC(=O)C(/C=N/c1ncc(O)cc1OCc1cc(F)cc(F)c1)=C/N. The van der Waals surface area contributed by atoms with Crippen LogP contribution in [0.2, 0.25) is 0 Å². The standard InChI is InChI=1S/C18H17F2N3O4/c1-2-26-18(25)12(7-21)8-22-17-16(6-15(24)9-23-17)27-10-11-3-13(19)5-14(20)4-11/h3-9,24H,2,10,21H2,1H3/b12-7+,22-8+. The summed E-state index contributed by atoms with van der Waals surface area (Å²) in [6, 6.07) is 4.19. The van der Waals surface area contributed by atoms with Gasteiger partial charge < -0.3 is 20.3 Å². The highest BCUT2D eigenvalue weighted by atomic mass is 19.1. The first kappa shape index (κ1) is 19.8. The summed E-state index contributed by atoms with van der Waals surface area (Å²) in [5.74, 6) is -2.29. The number of hydrogen-bond donors (Lipinski definition) is 2. The summed E-state index contributed by atoms with van der Waals surface area (Å²) in [5.41, 5.74) is 5.60. The van der Waals surface area contributed by atoms with E-state index in [1.165, 1.54) is 6.07 Å². The van der Waals surface area contributed by atoms with Crippen LogP contribution in [0.25, 0.3) is 0 Å². The van der Waals surface area contributed by atoms with Gasteiger partial charge in [-0.05, 0) is 24.6 Å². The molecule has 0 aliphatic rings. The van der Waals surface area contributed by atoms with Gasteiger partial charge in [0.25, 0.3) is 0 Å². The minimum atomic E-state index is -0.743. The number of hydrogen-bond acceptors (Lipinski definition) is 7. The smallest absolute Gasteiger partial charge is 0.341 e. The van der Waals surface area contributed by atoms with Gasteiger partial charge in [0, 0.05) is 24.5 Å². The molecule has 0 aliphatic carbocycles. The fraction of sp³-hybridized carbons (Fsp3) is 0.167. The first-order chi connectivity index (χ1) is 12.9. The molecular weight excluding hydrogens is 360 g/mol. The molecule has 27 heavy (non-hydrogen) atoms. The Morgan fingerprint density at radius 2 is 2.00 bits per heavy atom. The minimum absolute atomic E-state index is 0.00937. The molecule has 0 atom stereocenters. The molecule has 1 heterocycles. The quantitative estimate of drug-likeness (QED) is 0.436. The third-order valence-electron chi connectivity index (χ3n) is 3.15. The Kier molecular flexibility index (Phi) is 6.81. The summed E-state index contributed by atoms with van der Waals surface area (Å²) in [6.07, 6.45) is 3.28. The van der Waals surface area contributed by atoms with Crippen molar-refractivity contribution in [2.75, 3.05) is 6.61 Å². The second-order valence-corrected chi connectivity index (χ2v) is 5.18. The lowest BCUT2D eigenvalue weighted by Gasteiger charge is -2.09. The maximum atomic E-state index is 13.3. The average Bonchev–Trinajstić information content (AvgIpc) is 2.61. The highest BCUT2D eigenvalue weighted by Crippen LogP contribution is 2.29. The molecule has 0 aliphatic heterocycles. The van der Waals surface area contributed by atoms with E-state index in [-0.39, 0.29) is 41.7 Å². The van der Waals surface area contributed by atoms with E-state index >= 15 is 0 Å². The van der Waals surface area contributed by atoms with Crippen LogP contribution in [0.5, 0.6) is 11.5 Å². The highest BCUT2D eigenvalue weighted by molar-refractivity contribution is 6.09. The zero-order valence-corrected chi connectivity index (χ0v) is 14.4. The molecule has 0 spiro atoms. The average molecular weight is 377 g/mol. The third kappa shape index (κ3) is 5.77. The van der Waals surface area contributed by atoms with E-state index in [4.69, 9.17) is 15.2 Å². The zero-order valence-electron chi connectivity index (χ0n) is 14.4. The van der Waals surface area contributed by atoms with Gasteiger partial charge in [-0.25, -0.2) is 23.6 Å². The van der Waals surface area contributed by atoms with Crippen LogP contribution in [-0.4, -0.2) is 28.9 Å². The second kappa shape index (κ2) is 9.27. The number of carbonyl (C=O) groups excluding carboxylic acids is 1. The number of esters is 1. The Balaban J connectivity index is 2.21. The number of pyridine rings is 1. The fourth-order valence-corrected chi connectivity index (χ4v) is 1.99. The van der Waals surface area contributed by atoms with Crippen molar-refractivity contribution in [2.24, 2.45) is 10.7 Å². The van der Waals surface area contributed by atoms with Gasteiger partial charge in [-0.15, -0.1) is 0 Å². The van der Waals surface area contributed by atoms with Crippen LogP contribution >= 0.6 is 0 Å². The largest absolute Gasteiger partial charge is 0.506 e. The molecule has 0 amide bonds. The van der Waals surface area contributed by atoms with Crippen LogP contribution in [0.3, 0.4) is 0 Å². The highest BCUT2D eigenvalue weighted by Gasteiger charge is 2.11. The molecule has 2 rings (SSSR count). The summed E-state index contributed by atoms with van der Waals surface area (Å²) in [5, 5.41) is 9.58. The van der Waals surface area contributed by atoms with Crippen LogP contribution in [0.1, 0.15) is 12.5 Å². The maximum absolute atomic E-state index is 13.3. The zero-order chi connectivity index (χ0) is 19.8. The van der Waals surface area contributed by atoms with Gasteiger partial charge in [0.15, 0.2) is 11.6 Å². The number of rotatable bonds is 7. The van der Waals surface area contributed by atoms with E-state index in [0.717, 1.165) is 36.8 Å². The molecule has 9 heteroatoms. The Morgan fingerprint density at radius 3 is 2.63 bits per heavy atom. The number of aromatic hydroxyl groups is 1. The molecule has 0 bridgehead atoms. The van der Waals surface area contributed by atoms with E-state index < -0.39 is 17.6 Å². The number of carbonyl (C=O) groups is 1. The number of nitrogens with two attached hydrogens (primary N) is 1. The van der Waals surface area contributed by atoms with Crippen molar-refractivity contribution in [1.29, 1.82) is 0 Å². The van der Waals surface area contributed by atoms with Crippen LogP contribution in [0.4, 0.5) is 14.6 Å². The van der Waals surface area contributed by atoms with Crippen LogP contribution in [-0.2, 0) is 16.1 Å². The molecule has 3 N–H and O–H groups in total. The topological polar surface area (TPSA) is 107 Å². The van der Waals surface area contributed by atoms with Gasteiger partial charge in [0.1, 0.15) is 24.0 Å². The number of aromatic nitrogens is 1. The molecular formula is C18H17F2N3O4. The second-order valence-electron chi connectivity index (χ2n) is 5.18. The summed E-state index contributed by atoms with van der Waals surface area (Å²) >= 11 is 0. The molecule has 7 nitrogen and oxygen atoms in total. The number of halogens is 2. The van der Waals surface area contributed by atoms with E-state index in [9.17, 15) is 18.7 Å². The lowest BCUT2D eigenvalue weighted by Crippen LogP contribution is -2.10. The van der Waals surface area contributed by atoms with Crippen LogP contribution in [0.15, 0.2) is 47.2 Å². The first-order valence-corrected chi connectivity index (χ1v) is 7.82. The van der Waals surface area contributed by atoms with Crippen molar-refractivity contribution < 1.29 is 28.2 Å². The Labute approximate surface area is 153 Å². The molecule has 2 aromatic rings. The van der Waals surface area contributed by atoms with Gasteiger partial charge in [-0.2, -0.15) is 0 Å². The Hall–Kier alpha value is -3.49. The monoisotopic (exact) mass is 377 g/mol. The van der Waals surface area contributed by atoms with Gasteiger partial charge in [0.05, 0.1) is 18.4 Å². The molecule has 0 saturated heterocycles. The van der Waals surface area contributed by atoms with Crippen molar-refractivity contribution in [3.8, 4) is 11.5 Å². The number of benzene rings is 1. The predicted molar refractivity (Wildman–Crippen MR) is 93.6 cm³/mol. The Bertz CT molecular complexity index is 865. The fourth-order valence-electron chi connectivity index (χ4n) is 1.99. The molecule has 0 fully saturated rings. The van der Waals surface area contributed by atoms with E-state index in [1.54, 1.807) is 6.92 Å². The van der Waals surface area contributed by atoms with Crippen molar-refractivity contribution in [2.45, 2.75) is 13.5 Å². The van der Waals surface area contributed by atoms with Gasteiger partial charge >= 0.3 is 5.97 Å². The van der Waals surface area contributed by atoms with Crippen molar-refractivity contribution in [3.05, 3.63) is 59.4 Å². The molecule has 0 radical (unpaired) electrons. The number of ether oxygens (including phenoxy) is 2. The van der Waals surface area contributed by atoms with Gasteiger partial charge in [-0.3, -0.25) is 0 Å². The lowest BCUT2D eigenvalue weighted by atomic mass is 10.2. The van der Waals surface area contributed by atoms with E-state index in [2.05, 4.69) is 9.98 Å². The van der Waals surface area contributed by atoms with Crippen LogP contribution in [0, 0.1) is 11.6 Å². The normalized spacial score (nSPS) is 11.6. The molecule has 142 valence electrons. The molecule has 0 saturated carbocycles. The van der Waals surface area contributed by atoms with E-state index in [0.29, 0.717) is 0 Å². The van der Waals surface area contributed by atoms with E-state index in [1.807, 2.05) is 0 Å². The lowest BCUT2D eigenvalue weighted by molar-refractivity contribution is -0.137. The van der Waals surface area contributed by atoms with Crippen molar-refractivity contribution in [3.63, 3.8) is 0 Å². The molecule has 1 aromatic heterocycles. The Morgan fingerprint density at radius 1 is 1.30 bits per heavy atom. The third-order valence-corrected chi connectivity index (χ3v) is 3.15. The minimum Gasteiger partial charge on any atom is -0.506 e. The summed E-state index contributed by atoms with van der Waals surface area (Å²) in [4.78, 5) is 19.6. The van der Waals surface area contributed by atoms with Crippen molar-refractivity contribution >= 4 is 18.0 Å². The van der Waals surface area contributed by atoms with Crippen molar-refractivity contribution in [1.82, 2.24) is 4.98 Å². The van der Waals surface area contributed by atoms with Gasteiger partial charge in [-0.1, -0.05) is 0 Å². The summed E-state index contributed by atoms with van der Waals surface area (Å²) in [7, 11) is 0. The first-order valence-electron chi connectivity index (χ1n) is 7.82.